The van der Waals surface area contributed by atoms with Crippen molar-refractivity contribution in [2.24, 2.45) is 5.73 Å². The maximum Gasteiger partial charge on any atom is 0.407 e. The van der Waals surface area contributed by atoms with Gasteiger partial charge >= 0.3 is 6.09 Å². The lowest BCUT2D eigenvalue weighted by Crippen LogP contribution is -2.41. The van der Waals surface area contributed by atoms with Crippen LogP contribution in [0, 0.1) is 5.82 Å². The van der Waals surface area contributed by atoms with Gasteiger partial charge in [0.1, 0.15) is 5.60 Å². The maximum atomic E-state index is 13.5. The van der Waals surface area contributed by atoms with Crippen LogP contribution in [0.4, 0.5) is 9.18 Å². The largest absolute Gasteiger partial charge is 0.493 e. The Bertz CT molecular complexity index is 486. The standard InChI is InChI=1S/C15H23FN2O3/c1-15(2,3)21-14(19)18-9-11(17)8-10-6-5-7-12(16)13(10)20-4/h5-7,11H,8-9,17H2,1-4H3,(H,18,19). The van der Waals surface area contributed by atoms with E-state index in [9.17, 15) is 9.18 Å². The molecule has 0 aliphatic heterocycles. The van der Waals surface area contributed by atoms with Crippen molar-refractivity contribution in [3.05, 3.63) is 29.6 Å². The minimum atomic E-state index is -0.556. The van der Waals surface area contributed by atoms with Gasteiger partial charge in [0.05, 0.1) is 7.11 Å². The molecule has 0 aliphatic carbocycles. The van der Waals surface area contributed by atoms with Crippen LogP contribution in [0.1, 0.15) is 26.3 Å². The van der Waals surface area contributed by atoms with Gasteiger partial charge in [-0.1, -0.05) is 12.1 Å². The van der Waals surface area contributed by atoms with Crippen LogP contribution in [-0.2, 0) is 11.2 Å². The van der Waals surface area contributed by atoms with Crippen LogP contribution in [-0.4, -0.2) is 31.4 Å². The maximum absolute atomic E-state index is 13.5. The Balaban J connectivity index is 2.53. The van der Waals surface area contributed by atoms with Crippen molar-refractivity contribution >= 4 is 6.09 Å². The summed E-state index contributed by atoms with van der Waals surface area (Å²) in [6, 6.07) is 4.30. The number of ether oxygens (including phenoxy) is 2. The van der Waals surface area contributed by atoms with E-state index < -0.39 is 17.5 Å². The smallest absolute Gasteiger partial charge is 0.407 e. The summed E-state index contributed by atoms with van der Waals surface area (Å²) in [7, 11) is 1.41. The highest BCUT2D eigenvalue weighted by Gasteiger charge is 2.17. The molecule has 1 atom stereocenters. The Morgan fingerprint density at radius 1 is 1.43 bits per heavy atom. The van der Waals surface area contributed by atoms with E-state index in [0.29, 0.717) is 12.0 Å². The molecule has 5 nitrogen and oxygen atoms in total. The predicted octanol–water partition coefficient (Wildman–Crippen LogP) is 2.23. The number of carbonyl (C=O) groups is 1. The van der Waals surface area contributed by atoms with Gasteiger partial charge in [0.25, 0.3) is 0 Å². The van der Waals surface area contributed by atoms with Gasteiger partial charge in [-0.2, -0.15) is 0 Å². The highest BCUT2D eigenvalue weighted by Crippen LogP contribution is 2.23. The van der Waals surface area contributed by atoms with E-state index in [4.69, 9.17) is 15.2 Å². The average Bonchev–Trinajstić information content (AvgIpc) is 2.35. The molecule has 6 heteroatoms. The molecule has 0 aromatic heterocycles. The minimum absolute atomic E-state index is 0.185. The zero-order valence-electron chi connectivity index (χ0n) is 12.9. The molecule has 0 spiro atoms. The lowest BCUT2D eigenvalue weighted by Gasteiger charge is -2.21. The average molecular weight is 298 g/mol. The second kappa shape index (κ2) is 7.26. The minimum Gasteiger partial charge on any atom is -0.493 e. The predicted molar refractivity (Wildman–Crippen MR) is 78.9 cm³/mol. The Morgan fingerprint density at radius 2 is 2.10 bits per heavy atom. The van der Waals surface area contributed by atoms with Gasteiger partial charge in [-0.3, -0.25) is 0 Å². The summed E-state index contributed by atoms with van der Waals surface area (Å²) in [5, 5.41) is 2.59. The number of alkyl carbamates (subject to hydrolysis) is 1. The monoisotopic (exact) mass is 298 g/mol. The van der Waals surface area contributed by atoms with E-state index in [1.165, 1.54) is 13.2 Å². The molecule has 0 heterocycles. The third kappa shape index (κ3) is 5.99. The van der Waals surface area contributed by atoms with Gasteiger partial charge in [-0.25, -0.2) is 9.18 Å². The topological polar surface area (TPSA) is 73.6 Å². The van der Waals surface area contributed by atoms with Crippen molar-refractivity contribution in [1.82, 2.24) is 5.32 Å². The Kier molecular flexibility index (Phi) is 5.96. The molecule has 1 aromatic rings. The quantitative estimate of drug-likeness (QED) is 0.874. The molecule has 0 radical (unpaired) electrons. The van der Waals surface area contributed by atoms with Crippen molar-refractivity contribution in [1.29, 1.82) is 0 Å². The third-order valence-electron chi connectivity index (χ3n) is 2.64. The molecule has 0 bridgehead atoms. The molecule has 1 unspecified atom stereocenters. The van der Waals surface area contributed by atoms with Crippen molar-refractivity contribution in [2.45, 2.75) is 38.8 Å². The first kappa shape index (κ1) is 17.2. The number of amides is 1. The SMILES string of the molecule is COc1c(F)cccc1CC(N)CNC(=O)OC(C)(C)C. The van der Waals surface area contributed by atoms with E-state index >= 15 is 0 Å². The summed E-state index contributed by atoms with van der Waals surface area (Å²) >= 11 is 0. The Morgan fingerprint density at radius 3 is 2.67 bits per heavy atom. The molecule has 0 fully saturated rings. The van der Waals surface area contributed by atoms with E-state index in [-0.39, 0.29) is 18.3 Å². The molecule has 1 amide bonds. The summed E-state index contributed by atoms with van der Waals surface area (Å²) in [6.07, 6.45) is -0.138. The number of halogens is 1. The summed E-state index contributed by atoms with van der Waals surface area (Å²) in [5.74, 6) is -0.243. The van der Waals surface area contributed by atoms with Gasteiger partial charge in [0.2, 0.25) is 0 Å². The van der Waals surface area contributed by atoms with Crippen LogP contribution in [0.5, 0.6) is 5.75 Å². The summed E-state index contributed by atoms with van der Waals surface area (Å²) < 4.78 is 23.7. The van der Waals surface area contributed by atoms with E-state index in [1.54, 1.807) is 32.9 Å². The van der Waals surface area contributed by atoms with Gasteiger partial charge in [0, 0.05) is 12.6 Å². The van der Waals surface area contributed by atoms with Crippen LogP contribution in [0.15, 0.2) is 18.2 Å². The fourth-order valence-electron chi connectivity index (χ4n) is 1.83. The second-order valence-corrected chi connectivity index (χ2v) is 5.78. The molecular weight excluding hydrogens is 275 g/mol. The van der Waals surface area contributed by atoms with Crippen molar-refractivity contribution in [2.75, 3.05) is 13.7 Å². The highest BCUT2D eigenvalue weighted by atomic mass is 19.1. The first-order valence-electron chi connectivity index (χ1n) is 6.76. The number of hydrogen-bond acceptors (Lipinski definition) is 4. The van der Waals surface area contributed by atoms with Crippen LogP contribution < -0.4 is 15.8 Å². The van der Waals surface area contributed by atoms with Gasteiger partial charge in [-0.15, -0.1) is 0 Å². The first-order valence-corrected chi connectivity index (χ1v) is 6.76. The van der Waals surface area contributed by atoms with Crippen molar-refractivity contribution < 1.29 is 18.7 Å². The Labute approximate surface area is 124 Å². The number of hydrogen-bond donors (Lipinski definition) is 2. The van der Waals surface area contributed by atoms with Gasteiger partial charge in [0.15, 0.2) is 11.6 Å². The summed E-state index contributed by atoms with van der Waals surface area (Å²) in [4.78, 5) is 11.5. The van der Waals surface area contributed by atoms with E-state index in [1.807, 2.05) is 0 Å². The van der Waals surface area contributed by atoms with E-state index in [0.717, 1.165) is 0 Å². The number of nitrogens with one attached hydrogen (secondary N) is 1. The zero-order valence-corrected chi connectivity index (χ0v) is 12.9. The molecule has 1 rings (SSSR count). The Hall–Kier alpha value is -1.82. The van der Waals surface area contributed by atoms with Crippen LogP contribution in [0.2, 0.25) is 0 Å². The highest BCUT2D eigenvalue weighted by molar-refractivity contribution is 5.67. The molecule has 1 aromatic carbocycles. The summed E-state index contributed by atoms with van der Waals surface area (Å²) in [5.41, 5.74) is 6.05. The number of nitrogens with two attached hydrogens (primary N) is 1. The fourth-order valence-corrected chi connectivity index (χ4v) is 1.83. The summed E-state index contributed by atoms with van der Waals surface area (Å²) in [6.45, 7) is 5.58. The molecule has 0 aliphatic rings. The van der Waals surface area contributed by atoms with E-state index in [2.05, 4.69) is 5.32 Å². The number of methoxy groups -OCH3 is 1. The van der Waals surface area contributed by atoms with Gasteiger partial charge in [-0.05, 0) is 38.8 Å². The molecular formula is C15H23FN2O3. The fraction of sp³-hybridized carbons (Fsp3) is 0.533. The molecule has 118 valence electrons. The van der Waals surface area contributed by atoms with Gasteiger partial charge < -0.3 is 20.5 Å². The second-order valence-electron chi connectivity index (χ2n) is 5.78. The number of carbonyl (C=O) groups excluding carboxylic acids is 1. The lowest BCUT2D eigenvalue weighted by molar-refractivity contribution is 0.0524. The molecule has 21 heavy (non-hydrogen) atoms. The van der Waals surface area contributed by atoms with Crippen molar-refractivity contribution in [3.8, 4) is 5.75 Å². The van der Waals surface area contributed by atoms with Crippen LogP contribution >= 0.6 is 0 Å². The molecule has 3 N–H and O–H groups in total. The van der Waals surface area contributed by atoms with Crippen LogP contribution in [0.25, 0.3) is 0 Å². The van der Waals surface area contributed by atoms with Crippen molar-refractivity contribution in [3.63, 3.8) is 0 Å². The molecule has 0 saturated carbocycles. The molecule has 0 saturated heterocycles. The first-order chi connectivity index (χ1) is 9.73. The zero-order chi connectivity index (χ0) is 16.0. The number of rotatable bonds is 5. The number of para-hydroxylation sites is 1. The van der Waals surface area contributed by atoms with Crippen LogP contribution in [0.3, 0.4) is 0 Å². The lowest BCUT2D eigenvalue weighted by atomic mass is 10.1. The normalized spacial score (nSPS) is 12.7. The number of benzene rings is 1. The third-order valence-corrected chi connectivity index (χ3v) is 2.64.